The minimum absolute atomic E-state index is 0.396. The van der Waals surface area contributed by atoms with Crippen molar-refractivity contribution in [3.05, 3.63) is 36.5 Å². The second kappa shape index (κ2) is 4.89. The van der Waals surface area contributed by atoms with E-state index in [9.17, 15) is 9.32 Å². The molecule has 1 unspecified atom stereocenters. The van der Waals surface area contributed by atoms with Gasteiger partial charge in [0.1, 0.15) is 5.95 Å². The van der Waals surface area contributed by atoms with Crippen LogP contribution in [0.3, 0.4) is 0 Å². The first-order valence-electron chi connectivity index (χ1n) is 4.72. The second-order valence-corrected chi connectivity index (χ2v) is 4.72. The molecular weight excluding hydrogens is 228 g/mol. The van der Waals surface area contributed by atoms with Crippen molar-refractivity contribution in [2.24, 2.45) is 0 Å². The molecule has 1 aromatic carbocycles. The third-order valence-electron chi connectivity index (χ3n) is 2.00. The van der Waals surface area contributed by atoms with E-state index in [1.807, 2.05) is 30.3 Å². The van der Waals surface area contributed by atoms with Gasteiger partial charge in [0.05, 0.1) is 21.8 Å². The third-order valence-corrected chi connectivity index (χ3v) is 3.35. The molecule has 0 N–H and O–H groups in total. The molecule has 0 bridgehead atoms. The lowest BCUT2D eigenvalue weighted by Crippen LogP contribution is -2.37. The van der Waals surface area contributed by atoms with Gasteiger partial charge in [-0.25, -0.2) is 0 Å². The summed E-state index contributed by atoms with van der Waals surface area (Å²) in [5.41, 5.74) is 0. The molecule has 1 heterocycles. The number of hydrogen-bond donors (Lipinski definition) is 0. The number of rotatable bonds is 4. The Morgan fingerprint density at radius 2 is 2.12 bits per heavy atom. The van der Waals surface area contributed by atoms with E-state index in [0.29, 0.717) is 12.3 Å². The molecule has 0 fully saturated rings. The first-order chi connectivity index (χ1) is 7.75. The lowest BCUT2D eigenvalue weighted by atomic mass is 10.4. The fourth-order valence-corrected chi connectivity index (χ4v) is 2.28. The molecule has 84 valence electrons. The Kier molecular flexibility index (Phi) is 3.31. The lowest BCUT2D eigenvalue weighted by Gasteiger charge is -1.97. The maximum absolute atomic E-state index is 11.8. The molecular formula is C10H10N2O3S. The zero-order chi connectivity index (χ0) is 11.4. The normalized spacial score (nSPS) is 12.5. The fraction of sp³-hybridized carbons (Fsp3) is 0.200. The summed E-state index contributed by atoms with van der Waals surface area (Å²) in [5, 5.41) is 14.2. The minimum Gasteiger partial charge on any atom is -0.539 e. The molecule has 0 aliphatic heterocycles. The summed E-state index contributed by atoms with van der Waals surface area (Å²) in [6, 6.07) is 9.17. The van der Waals surface area contributed by atoms with Crippen molar-refractivity contribution < 1.29 is 18.5 Å². The van der Waals surface area contributed by atoms with Crippen LogP contribution in [0.15, 0.2) is 45.9 Å². The first kappa shape index (κ1) is 10.8. The van der Waals surface area contributed by atoms with Gasteiger partial charge in [-0.1, -0.05) is 22.9 Å². The van der Waals surface area contributed by atoms with E-state index < -0.39 is 16.7 Å². The molecule has 2 rings (SSSR count). The zero-order valence-corrected chi connectivity index (χ0v) is 9.22. The molecule has 0 saturated carbocycles. The summed E-state index contributed by atoms with van der Waals surface area (Å²) in [4.78, 5) is 0.772. The summed E-state index contributed by atoms with van der Waals surface area (Å²) >= 11 is 0. The van der Waals surface area contributed by atoms with E-state index in [1.54, 1.807) is 0 Å². The molecule has 0 aliphatic rings. The molecule has 0 amide bonds. The molecule has 0 spiro atoms. The predicted molar refractivity (Wildman–Crippen MR) is 53.9 cm³/mol. The van der Waals surface area contributed by atoms with Crippen LogP contribution in [0.1, 0.15) is 0 Å². The van der Waals surface area contributed by atoms with Gasteiger partial charge in [0.25, 0.3) is 0 Å². The number of nitrogens with zero attached hydrogens (tertiary/aromatic N) is 2. The highest BCUT2D eigenvalue weighted by Gasteiger charge is 2.09. The van der Waals surface area contributed by atoms with Gasteiger partial charge in [0, 0.05) is 4.90 Å². The van der Waals surface area contributed by atoms with Gasteiger partial charge in [-0.05, 0) is 12.1 Å². The topological polar surface area (TPSA) is 70.0 Å². The van der Waals surface area contributed by atoms with Gasteiger partial charge in [-0.2, -0.15) is 0 Å². The van der Waals surface area contributed by atoms with Gasteiger partial charge in [0.2, 0.25) is 6.20 Å². The zero-order valence-electron chi connectivity index (χ0n) is 8.41. The number of aryl methyl sites for hydroxylation is 1. The molecule has 16 heavy (non-hydrogen) atoms. The Hall–Kier alpha value is -1.69. The number of aromatic nitrogens is 2. The van der Waals surface area contributed by atoms with Gasteiger partial charge in [0.15, 0.2) is 6.54 Å². The Labute approximate surface area is 94.8 Å². The van der Waals surface area contributed by atoms with Gasteiger partial charge < -0.3 is 9.63 Å². The average molecular weight is 238 g/mol. The van der Waals surface area contributed by atoms with Crippen molar-refractivity contribution in [3.63, 3.8) is 0 Å². The summed E-state index contributed by atoms with van der Waals surface area (Å²) in [6.07, 6.45) is 1.24. The SMILES string of the molecule is O=S(CC[n+]1cc([O-])on1)c1ccccc1. The van der Waals surface area contributed by atoms with Gasteiger partial charge in [-0.3, -0.25) is 4.21 Å². The fourth-order valence-electron chi connectivity index (χ4n) is 1.23. The number of hydrogen-bond acceptors (Lipinski definition) is 4. The number of benzene rings is 1. The van der Waals surface area contributed by atoms with Gasteiger partial charge >= 0.3 is 0 Å². The highest BCUT2D eigenvalue weighted by atomic mass is 32.2. The first-order valence-corrected chi connectivity index (χ1v) is 6.04. The molecule has 6 heteroatoms. The van der Waals surface area contributed by atoms with E-state index in [1.165, 1.54) is 10.9 Å². The molecule has 2 aromatic rings. The molecule has 1 aromatic heterocycles. The van der Waals surface area contributed by atoms with Crippen LogP contribution in [0.5, 0.6) is 5.95 Å². The molecule has 0 radical (unpaired) electrons. The molecule has 0 saturated heterocycles. The quantitative estimate of drug-likeness (QED) is 0.694. The summed E-state index contributed by atoms with van der Waals surface area (Å²) < 4.78 is 17.5. The van der Waals surface area contributed by atoms with Crippen molar-refractivity contribution in [2.45, 2.75) is 11.4 Å². The van der Waals surface area contributed by atoms with Crippen LogP contribution in [0.25, 0.3) is 0 Å². The second-order valence-electron chi connectivity index (χ2n) is 3.15. The van der Waals surface area contributed by atoms with Crippen molar-refractivity contribution in [2.75, 3.05) is 5.75 Å². The van der Waals surface area contributed by atoms with E-state index in [4.69, 9.17) is 0 Å². The third kappa shape index (κ3) is 2.66. The van der Waals surface area contributed by atoms with Crippen LogP contribution in [0.4, 0.5) is 0 Å². The summed E-state index contributed by atoms with van der Waals surface area (Å²) in [6.45, 7) is 0.396. The van der Waals surface area contributed by atoms with E-state index >= 15 is 0 Å². The molecule has 5 nitrogen and oxygen atoms in total. The highest BCUT2D eigenvalue weighted by Crippen LogP contribution is 2.05. The summed E-state index contributed by atoms with van der Waals surface area (Å²) in [7, 11) is -1.08. The van der Waals surface area contributed by atoms with Crippen LogP contribution in [0, 0.1) is 0 Å². The molecule has 1 atom stereocenters. The van der Waals surface area contributed by atoms with E-state index in [-0.39, 0.29) is 0 Å². The van der Waals surface area contributed by atoms with Crippen molar-refractivity contribution >= 4 is 10.8 Å². The van der Waals surface area contributed by atoms with Crippen molar-refractivity contribution in [3.8, 4) is 5.95 Å². The smallest absolute Gasteiger partial charge is 0.221 e. The van der Waals surface area contributed by atoms with Crippen LogP contribution < -0.4 is 9.79 Å². The van der Waals surface area contributed by atoms with Crippen molar-refractivity contribution in [1.82, 2.24) is 5.27 Å². The highest BCUT2D eigenvalue weighted by molar-refractivity contribution is 7.85. The van der Waals surface area contributed by atoms with Crippen LogP contribution >= 0.6 is 0 Å². The minimum atomic E-state index is -1.08. The van der Waals surface area contributed by atoms with Crippen LogP contribution in [-0.4, -0.2) is 15.2 Å². The lowest BCUT2D eigenvalue weighted by molar-refractivity contribution is -0.758. The Morgan fingerprint density at radius 1 is 1.38 bits per heavy atom. The van der Waals surface area contributed by atoms with E-state index in [2.05, 4.69) is 9.79 Å². The summed E-state index contributed by atoms with van der Waals surface area (Å²) in [5.74, 6) is -0.0915. The van der Waals surface area contributed by atoms with Crippen molar-refractivity contribution in [1.29, 1.82) is 0 Å². The maximum atomic E-state index is 11.8. The average Bonchev–Trinajstić information content (AvgIpc) is 2.73. The predicted octanol–water partition coefficient (Wildman–Crippen LogP) is -0.157. The largest absolute Gasteiger partial charge is 0.539 e. The Balaban J connectivity index is 1.94. The Bertz CT molecular complexity index is 484. The standard InChI is InChI=1S/C10H10N2O3S/c13-10-8-12(11-15-10)6-7-16(14)9-4-2-1-3-5-9/h1-5,8H,6-7H2. The van der Waals surface area contributed by atoms with Gasteiger partial charge in [-0.15, -0.1) is 0 Å². The van der Waals surface area contributed by atoms with E-state index in [0.717, 1.165) is 4.90 Å². The van der Waals surface area contributed by atoms with Crippen LogP contribution in [0.2, 0.25) is 0 Å². The Morgan fingerprint density at radius 3 is 2.75 bits per heavy atom. The van der Waals surface area contributed by atoms with Crippen LogP contribution in [-0.2, 0) is 17.3 Å². The molecule has 0 aliphatic carbocycles. The monoisotopic (exact) mass is 238 g/mol. The maximum Gasteiger partial charge on any atom is 0.221 e.